The van der Waals surface area contributed by atoms with Gasteiger partial charge in [-0.1, -0.05) is 44.2 Å². The third kappa shape index (κ3) is 9.96. The number of amides is 1. The van der Waals surface area contributed by atoms with Crippen molar-refractivity contribution >= 4 is 12.1 Å². The van der Waals surface area contributed by atoms with E-state index in [4.69, 9.17) is 9.47 Å². The average molecular weight is 380 g/mol. The van der Waals surface area contributed by atoms with Crippen LogP contribution in [0.25, 0.3) is 0 Å². The second-order valence-electron chi connectivity index (χ2n) is 7.81. The summed E-state index contributed by atoms with van der Waals surface area (Å²) in [5, 5.41) is 15.0. The Morgan fingerprint density at radius 1 is 1.15 bits per heavy atom. The van der Waals surface area contributed by atoms with Gasteiger partial charge >= 0.3 is 12.1 Å². The van der Waals surface area contributed by atoms with Gasteiger partial charge in [0.25, 0.3) is 0 Å². The van der Waals surface area contributed by atoms with E-state index in [9.17, 15) is 14.7 Å². The van der Waals surface area contributed by atoms with Gasteiger partial charge in [0.2, 0.25) is 0 Å². The van der Waals surface area contributed by atoms with Gasteiger partial charge in [-0.15, -0.1) is 0 Å². The minimum atomic E-state index is -0.925. The summed E-state index contributed by atoms with van der Waals surface area (Å²) in [5.41, 5.74) is 0.404. The lowest BCUT2D eigenvalue weighted by molar-refractivity contribution is -0.140. The largest absolute Gasteiger partial charge is 0.480 e. The van der Waals surface area contributed by atoms with Gasteiger partial charge in [-0.05, 0) is 32.3 Å². The lowest BCUT2D eigenvalue weighted by Crippen LogP contribution is -2.51. The number of benzene rings is 1. The van der Waals surface area contributed by atoms with Crippen LogP contribution in [0.4, 0.5) is 4.79 Å². The standard InChI is InChI=1S/C20H32N2O5/c1-14(2)17(18(23)24)21-11-16(22-19(25)27-20(3,4)5)13-26-12-15-9-7-6-8-10-15/h6-10,14,16-17,21H,11-13H2,1-5H3,(H,22,25)(H,23,24)/t16-,17+/m1/s1. The van der Waals surface area contributed by atoms with E-state index in [1.807, 2.05) is 44.2 Å². The molecule has 0 saturated carbocycles. The zero-order valence-electron chi connectivity index (χ0n) is 16.8. The molecule has 152 valence electrons. The van der Waals surface area contributed by atoms with Crippen LogP contribution in [-0.4, -0.2) is 48.0 Å². The Morgan fingerprint density at radius 3 is 2.30 bits per heavy atom. The molecule has 0 aliphatic heterocycles. The van der Waals surface area contributed by atoms with E-state index in [1.165, 1.54) is 0 Å². The Kier molecular flexibility index (Phi) is 9.25. The zero-order valence-corrected chi connectivity index (χ0v) is 16.8. The molecule has 0 radical (unpaired) electrons. The van der Waals surface area contributed by atoms with Crippen molar-refractivity contribution in [3.8, 4) is 0 Å². The Balaban J connectivity index is 2.64. The van der Waals surface area contributed by atoms with Gasteiger partial charge in [0.15, 0.2) is 0 Å². The van der Waals surface area contributed by atoms with Crippen LogP contribution in [0.3, 0.4) is 0 Å². The monoisotopic (exact) mass is 380 g/mol. The molecule has 3 N–H and O–H groups in total. The summed E-state index contributed by atoms with van der Waals surface area (Å²) in [7, 11) is 0. The summed E-state index contributed by atoms with van der Waals surface area (Å²) in [6, 6.07) is 8.55. The van der Waals surface area contributed by atoms with Gasteiger partial charge in [-0.2, -0.15) is 0 Å². The van der Waals surface area contributed by atoms with Crippen LogP contribution in [0, 0.1) is 5.92 Å². The number of nitrogens with one attached hydrogen (secondary N) is 2. The topological polar surface area (TPSA) is 96.9 Å². The zero-order chi connectivity index (χ0) is 20.4. The highest BCUT2D eigenvalue weighted by molar-refractivity contribution is 5.73. The number of carbonyl (C=O) groups excluding carboxylic acids is 1. The maximum atomic E-state index is 12.1. The SMILES string of the molecule is CC(C)[C@H](NC[C@H](COCc1ccccc1)NC(=O)OC(C)(C)C)C(=O)O. The molecule has 0 fully saturated rings. The summed E-state index contributed by atoms with van der Waals surface area (Å²) in [5.74, 6) is -1.01. The normalized spacial score (nSPS) is 13.9. The van der Waals surface area contributed by atoms with Gasteiger partial charge in [0, 0.05) is 6.54 Å². The highest BCUT2D eigenvalue weighted by Crippen LogP contribution is 2.08. The van der Waals surface area contributed by atoms with Crippen molar-refractivity contribution in [3.63, 3.8) is 0 Å². The Bertz CT molecular complexity index is 584. The van der Waals surface area contributed by atoms with Crippen LogP contribution in [0.2, 0.25) is 0 Å². The third-order valence-electron chi connectivity index (χ3n) is 3.67. The summed E-state index contributed by atoms with van der Waals surface area (Å²) in [6.07, 6.45) is -0.561. The minimum absolute atomic E-state index is 0.0880. The first-order valence-corrected chi connectivity index (χ1v) is 9.16. The fourth-order valence-electron chi connectivity index (χ4n) is 2.40. The molecule has 0 aliphatic rings. The molecule has 0 unspecified atom stereocenters. The number of hydrogen-bond acceptors (Lipinski definition) is 5. The van der Waals surface area contributed by atoms with Crippen LogP contribution >= 0.6 is 0 Å². The molecule has 7 heteroatoms. The number of carboxylic acids is 1. The summed E-state index contributed by atoms with van der Waals surface area (Å²) in [4.78, 5) is 23.4. The number of alkyl carbamates (subject to hydrolysis) is 1. The van der Waals surface area contributed by atoms with Gasteiger partial charge < -0.3 is 25.2 Å². The number of carbonyl (C=O) groups is 2. The number of hydrogen-bond donors (Lipinski definition) is 3. The molecule has 0 bridgehead atoms. The lowest BCUT2D eigenvalue weighted by atomic mass is 10.0. The third-order valence-corrected chi connectivity index (χ3v) is 3.67. The second kappa shape index (κ2) is 10.9. The van der Waals surface area contributed by atoms with Crippen molar-refractivity contribution < 1.29 is 24.2 Å². The van der Waals surface area contributed by atoms with E-state index in [0.717, 1.165) is 5.56 Å². The van der Waals surface area contributed by atoms with Crippen LogP contribution in [0.15, 0.2) is 30.3 Å². The predicted molar refractivity (Wildman–Crippen MR) is 104 cm³/mol. The quantitative estimate of drug-likeness (QED) is 0.578. The van der Waals surface area contributed by atoms with E-state index in [0.29, 0.717) is 6.61 Å². The van der Waals surface area contributed by atoms with Gasteiger partial charge in [-0.3, -0.25) is 4.79 Å². The van der Waals surface area contributed by atoms with E-state index in [-0.39, 0.29) is 19.1 Å². The fourth-order valence-corrected chi connectivity index (χ4v) is 2.40. The van der Waals surface area contributed by atoms with E-state index in [1.54, 1.807) is 20.8 Å². The first-order valence-electron chi connectivity index (χ1n) is 9.16. The number of aliphatic carboxylic acids is 1. The van der Waals surface area contributed by atoms with Crippen molar-refractivity contribution in [2.24, 2.45) is 5.92 Å². The molecule has 1 amide bonds. The number of rotatable bonds is 10. The smallest absolute Gasteiger partial charge is 0.407 e. The van der Waals surface area contributed by atoms with Crippen LogP contribution in [0.5, 0.6) is 0 Å². The first kappa shape index (κ1) is 22.9. The first-order chi connectivity index (χ1) is 12.6. The molecular formula is C20H32N2O5. The Labute approximate surface area is 161 Å². The summed E-state index contributed by atoms with van der Waals surface area (Å²) < 4.78 is 11.0. The number of carboxylic acid groups (broad SMARTS) is 1. The fraction of sp³-hybridized carbons (Fsp3) is 0.600. The average Bonchev–Trinajstić information content (AvgIpc) is 2.53. The maximum absolute atomic E-state index is 12.1. The van der Waals surface area contributed by atoms with E-state index >= 15 is 0 Å². The lowest BCUT2D eigenvalue weighted by Gasteiger charge is -2.26. The highest BCUT2D eigenvalue weighted by atomic mass is 16.6. The summed E-state index contributed by atoms with van der Waals surface area (Å²) in [6.45, 7) is 9.89. The van der Waals surface area contributed by atoms with Crippen molar-refractivity contribution in [2.75, 3.05) is 13.2 Å². The van der Waals surface area contributed by atoms with Gasteiger partial charge in [0.05, 0.1) is 19.3 Å². The molecule has 0 heterocycles. The Morgan fingerprint density at radius 2 is 1.78 bits per heavy atom. The molecule has 0 aliphatic carbocycles. The molecule has 0 saturated heterocycles. The van der Waals surface area contributed by atoms with E-state index < -0.39 is 29.7 Å². The molecule has 2 atom stereocenters. The van der Waals surface area contributed by atoms with Gasteiger partial charge in [-0.25, -0.2) is 4.79 Å². The minimum Gasteiger partial charge on any atom is -0.480 e. The van der Waals surface area contributed by atoms with Crippen LogP contribution in [-0.2, 0) is 20.9 Å². The molecule has 1 aromatic rings. The van der Waals surface area contributed by atoms with Crippen LogP contribution in [0.1, 0.15) is 40.2 Å². The summed E-state index contributed by atoms with van der Waals surface area (Å²) >= 11 is 0. The highest BCUT2D eigenvalue weighted by Gasteiger charge is 2.24. The van der Waals surface area contributed by atoms with Crippen molar-refractivity contribution in [1.82, 2.24) is 10.6 Å². The predicted octanol–water partition coefficient (Wildman–Crippen LogP) is 2.80. The Hall–Kier alpha value is -2.12. The van der Waals surface area contributed by atoms with Crippen molar-refractivity contribution in [1.29, 1.82) is 0 Å². The molecule has 7 nitrogen and oxygen atoms in total. The molecule has 0 aromatic heterocycles. The van der Waals surface area contributed by atoms with Crippen molar-refractivity contribution in [2.45, 2.75) is 58.9 Å². The van der Waals surface area contributed by atoms with Crippen LogP contribution < -0.4 is 10.6 Å². The van der Waals surface area contributed by atoms with E-state index in [2.05, 4.69) is 10.6 Å². The number of ether oxygens (including phenoxy) is 2. The molecular weight excluding hydrogens is 348 g/mol. The van der Waals surface area contributed by atoms with Gasteiger partial charge in [0.1, 0.15) is 11.6 Å². The molecule has 1 aromatic carbocycles. The van der Waals surface area contributed by atoms with Crippen molar-refractivity contribution in [3.05, 3.63) is 35.9 Å². The second-order valence-corrected chi connectivity index (χ2v) is 7.81. The maximum Gasteiger partial charge on any atom is 0.407 e. The molecule has 1 rings (SSSR count). The molecule has 27 heavy (non-hydrogen) atoms. The molecule has 0 spiro atoms.